The van der Waals surface area contributed by atoms with Gasteiger partial charge in [-0.1, -0.05) is 44.7 Å². The Morgan fingerprint density at radius 1 is 1.29 bits per heavy atom. The van der Waals surface area contributed by atoms with Crippen molar-refractivity contribution in [3.8, 4) is 0 Å². The summed E-state index contributed by atoms with van der Waals surface area (Å²) < 4.78 is 1.91. The Morgan fingerprint density at radius 2 is 1.95 bits per heavy atom. The summed E-state index contributed by atoms with van der Waals surface area (Å²) in [6.45, 7) is 7.25. The molecule has 0 spiro atoms. The molecule has 0 amide bonds. The van der Waals surface area contributed by atoms with Crippen LogP contribution >= 0.6 is 11.6 Å². The second-order valence-corrected chi connectivity index (χ2v) is 6.78. The molecule has 0 N–H and O–H groups in total. The minimum absolute atomic E-state index is 0.348. The van der Waals surface area contributed by atoms with Crippen molar-refractivity contribution in [1.29, 1.82) is 0 Å². The van der Waals surface area contributed by atoms with Crippen LogP contribution in [0.3, 0.4) is 0 Å². The summed E-state index contributed by atoms with van der Waals surface area (Å²) in [7, 11) is 1.96. The maximum Gasteiger partial charge on any atom is 0.143 e. The van der Waals surface area contributed by atoms with Gasteiger partial charge >= 0.3 is 0 Å². The van der Waals surface area contributed by atoms with Gasteiger partial charge < -0.3 is 0 Å². The molecule has 0 saturated heterocycles. The first kappa shape index (κ1) is 16.3. The zero-order valence-electron chi connectivity index (χ0n) is 13.6. The molecule has 0 bridgehead atoms. The fourth-order valence-electron chi connectivity index (χ4n) is 2.97. The van der Waals surface area contributed by atoms with Gasteiger partial charge in [-0.3, -0.25) is 9.67 Å². The minimum Gasteiger partial charge on any atom is -0.260 e. The van der Waals surface area contributed by atoms with E-state index in [-0.39, 0.29) is 0 Å². The highest BCUT2D eigenvalue weighted by molar-refractivity contribution is 6.29. The Bertz CT molecular complexity index is 523. The van der Waals surface area contributed by atoms with E-state index in [4.69, 9.17) is 16.7 Å². The van der Waals surface area contributed by atoms with Crippen LogP contribution in [0.5, 0.6) is 0 Å². The highest BCUT2D eigenvalue weighted by Gasteiger charge is 2.16. The molecule has 0 aliphatic heterocycles. The molecule has 4 nitrogen and oxygen atoms in total. The van der Waals surface area contributed by atoms with E-state index < -0.39 is 0 Å². The van der Waals surface area contributed by atoms with Crippen molar-refractivity contribution in [3.05, 3.63) is 22.7 Å². The smallest absolute Gasteiger partial charge is 0.143 e. The lowest BCUT2D eigenvalue weighted by molar-refractivity contribution is 0.267. The fraction of sp³-hybridized carbons (Fsp3) is 0.750. The standard InChI is InChI=1S/C16H27ClN4/c1-12(2)16-13(3)18-10-15(17)20(4)21(19-16)11-14-8-6-5-7-9-14/h10,12,14H,5-9,11H2,1-4H3. The summed E-state index contributed by atoms with van der Waals surface area (Å²) in [4.78, 5) is 6.45. The molecule has 21 heavy (non-hydrogen) atoms. The zero-order valence-corrected chi connectivity index (χ0v) is 14.4. The predicted octanol–water partition coefficient (Wildman–Crippen LogP) is 4.41. The molecular weight excluding hydrogens is 284 g/mol. The Morgan fingerprint density at radius 3 is 2.57 bits per heavy atom. The van der Waals surface area contributed by atoms with Crippen molar-refractivity contribution in [1.82, 2.24) is 19.6 Å². The van der Waals surface area contributed by atoms with E-state index in [0.717, 1.165) is 17.9 Å². The molecule has 1 saturated carbocycles. The molecule has 118 valence electrons. The van der Waals surface area contributed by atoms with E-state index in [9.17, 15) is 0 Å². The molecular formula is C16H27ClN4. The van der Waals surface area contributed by atoms with E-state index >= 15 is 0 Å². The first-order valence-corrected chi connectivity index (χ1v) is 8.37. The van der Waals surface area contributed by atoms with Crippen LogP contribution in [0.2, 0.25) is 5.15 Å². The van der Waals surface area contributed by atoms with Crippen LogP contribution in [0.1, 0.15) is 63.3 Å². The van der Waals surface area contributed by atoms with E-state index in [1.165, 1.54) is 32.1 Å². The van der Waals surface area contributed by atoms with Gasteiger partial charge in [-0.25, -0.2) is 4.80 Å². The summed E-state index contributed by atoms with van der Waals surface area (Å²) in [6.07, 6.45) is 8.37. The average molecular weight is 311 g/mol. The Labute approximate surface area is 132 Å². The maximum absolute atomic E-state index is 6.32. The van der Waals surface area contributed by atoms with Gasteiger partial charge in [-0.15, -0.1) is 0 Å². The molecule has 1 aliphatic carbocycles. The number of hydrogen-bond donors (Lipinski definition) is 0. The van der Waals surface area contributed by atoms with Gasteiger partial charge in [0, 0.05) is 7.05 Å². The van der Waals surface area contributed by atoms with Gasteiger partial charge in [0.15, 0.2) is 0 Å². The van der Waals surface area contributed by atoms with Gasteiger partial charge in [-0.05, 0) is 31.6 Å². The van der Waals surface area contributed by atoms with Gasteiger partial charge in [0.25, 0.3) is 0 Å². The SMILES string of the molecule is Cc1ncc(Cl)n(C)n(CC2CCCCC2)nc1C(C)C. The number of hydrogen-bond acceptors (Lipinski definition) is 2. The lowest BCUT2D eigenvalue weighted by atomic mass is 9.89. The van der Waals surface area contributed by atoms with Crippen molar-refractivity contribution in [2.45, 2.75) is 65.3 Å². The van der Waals surface area contributed by atoms with Crippen LogP contribution in [0.15, 0.2) is 6.20 Å². The molecule has 1 aromatic heterocycles. The normalized spacial score (nSPS) is 16.3. The van der Waals surface area contributed by atoms with E-state index in [2.05, 4.69) is 18.8 Å². The average Bonchev–Trinajstić information content (AvgIpc) is 2.47. The van der Waals surface area contributed by atoms with Crippen molar-refractivity contribution in [2.75, 3.05) is 0 Å². The molecule has 1 aromatic rings. The van der Waals surface area contributed by atoms with Crippen LogP contribution in [-0.2, 0) is 13.6 Å². The summed E-state index contributed by atoms with van der Waals surface area (Å²) in [5.41, 5.74) is 1.99. The lowest BCUT2D eigenvalue weighted by Crippen LogP contribution is -2.24. The van der Waals surface area contributed by atoms with Crippen molar-refractivity contribution < 1.29 is 0 Å². The molecule has 0 radical (unpaired) electrons. The van der Waals surface area contributed by atoms with Crippen LogP contribution in [0.4, 0.5) is 0 Å². The minimum atomic E-state index is 0.348. The topological polar surface area (TPSA) is 35.6 Å². The second kappa shape index (κ2) is 7.30. The van der Waals surface area contributed by atoms with E-state index in [1.54, 1.807) is 6.20 Å². The van der Waals surface area contributed by atoms with Crippen LogP contribution in [0, 0.1) is 12.8 Å². The summed E-state index contributed by atoms with van der Waals surface area (Å²) in [5, 5.41) is 5.47. The van der Waals surface area contributed by atoms with Crippen molar-refractivity contribution in [2.24, 2.45) is 13.0 Å². The molecule has 1 fully saturated rings. The Kier molecular flexibility index (Phi) is 5.68. The predicted molar refractivity (Wildman–Crippen MR) is 87.0 cm³/mol. The van der Waals surface area contributed by atoms with Gasteiger partial charge in [0.2, 0.25) is 0 Å². The second-order valence-electron chi connectivity index (χ2n) is 6.39. The van der Waals surface area contributed by atoms with Crippen molar-refractivity contribution >= 4 is 11.6 Å². The largest absolute Gasteiger partial charge is 0.260 e. The highest BCUT2D eigenvalue weighted by atomic mass is 35.5. The van der Waals surface area contributed by atoms with Crippen LogP contribution in [0.25, 0.3) is 0 Å². The first-order chi connectivity index (χ1) is 9.99. The first-order valence-electron chi connectivity index (χ1n) is 7.99. The molecule has 0 unspecified atom stereocenters. The highest BCUT2D eigenvalue weighted by Crippen LogP contribution is 2.25. The number of aromatic nitrogens is 4. The van der Waals surface area contributed by atoms with Crippen LogP contribution < -0.4 is 0 Å². The lowest BCUT2D eigenvalue weighted by Gasteiger charge is -2.24. The van der Waals surface area contributed by atoms with Gasteiger partial charge in [0.05, 0.1) is 24.1 Å². The number of aryl methyl sites for hydroxylation is 1. The van der Waals surface area contributed by atoms with Gasteiger partial charge in [-0.2, -0.15) is 5.10 Å². The Balaban J connectivity index is 2.43. The van der Waals surface area contributed by atoms with E-state index in [0.29, 0.717) is 17.0 Å². The molecule has 2 rings (SSSR count). The summed E-state index contributed by atoms with van der Waals surface area (Å²) >= 11 is 6.32. The molecule has 5 heteroatoms. The Hall–Kier alpha value is -1.03. The number of halogens is 1. The van der Waals surface area contributed by atoms with Crippen LogP contribution in [-0.4, -0.2) is 19.6 Å². The fourth-order valence-corrected chi connectivity index (χ4v) is 3.11. The quantitative estimate of drug-likeness (QED) is 0.829. The van der Waals surface area contributed by atoms with Crippen molar-refractivity contribution in [3.63, 3.8) is 0 Å². The molecule has 1 aliphatic rings. The third kappa shape index (κ3) is 4.22. The third-order valence-corrected chi connectivity index (χ3v) is 4.65. The molecule has 1 heterocycles. The zero-order chi connectivity index (χ0) is 15.4. The number of nitrogens with zero attached hydrogens (tertiary/aromatic N) is 4. The maximum atomic E-state index is 6.32. The molecule has 0 atom stereocenters. The van der Waals surface area contributed by atoms with Gasteiger partial charge in [0.1, 0.15) is 5.15 Å². The third-order valence-electron chi connectivity index (χ3n) is 4.31. The summed E-state index contributed by atoms with van der Waals surface area (Å²) in [5.74, 6) is 1.06. The molecule has 0 aromatic carbocycles. The number of rotatable bonds is 3. The summed E-state index contributed by atoms with van der Waals surface area (Å²) in [6, 6.07) is 0. The van der Waals surface area contributed by atoms with E-state index in [1.807, 2.05) is 23.4 Å². The monoisotopic (exact) mass is 310 g/mol.